The molecule has 1 aromatic rings. The Morgan fingerprint density at radius 3 is 3.00 bits per heavy atom. The lowest BCUT2D eigenvalue weighted by atomic mass is 10.1. The average molecular weight is 183 g/mol. The molecule has 0 aliphatic rings. The average Bonchev–Trinajstić information content (AvgIpc) is 2.50. The summed E-state index contributed by atoms with van der Waals surface area (Å²) >= 11 is 0. The summed E-state index contributed by atoms with van der Waals surface area (Å²) in [5.41, 5.74) is 6.40. The Hall–Kier alpha value is -1.36. The Kier molecular flexibility index (Phi) is 3.02. The van der Waals surface area contributed by atoms with E-state index in [0.29, 0.717) is 0 Å². The molecule has 0 aromatic carbocycles. The fourth-order valence-corrected chi connectivity index (χ4v) is 1.05. The predicted octanol–water partition coefficient (Wildman–Crippen LogP) is 0.377. The topological polar surface area (TPSA) is 81.1 Å². The van der Waals surface area contributed by atoms with E-state index in [0.717, 1.165) is 12.1 Å². The van der Waals surface area contributed by atoms with Crippen LogP contribution in [0.15, 0.2) is 12.4 Å². The van der Waals surface area contributed by atoms with Crippen LogP contribution in [0.5, 0.6) is 0 Å². The summed E-state index contributed by atoms with van der Waals surface area (Å²) < 4.78 is 1.72. The molecule has 0 saturated carbocycles. The van der Waals surface area contributed by atoms with Crippen LogP contribution in [0.3, 0.4) is 0 Å². The molecule has 0 unspecified atom stereocenters. The number of carboxylic acid groups (broad SMARTS) is 1. The molecule has 0 fully saturated rings. The normalized spacial score (nSPS) is 12.8. The lowest BCUT2D eigenvalue weighted by Crippen LogP contribution is -2.14. The molecule has 1 heterocycles. The maximum absolute atomic E-state index is 10.4. The number of aryl methyl sites for hydroxylation is 1. The Balaban J connectivity index is 2.65. The molecule has 0 saturated heterocycles. The van der Waals surface area contributed by atoms with Gasteiger partial charge in [-0.05, 0) is 6.92 Å². The first-order chi connectivity index (χ1) is 6.13. The SMILES string of the molecule is CCn1cc([C@@H](N)CC(=O)O)cn1. The second-order valence-corrected chi connectivity index (χ2v) is 2.83. The van der Waals surface area contributed by atoms with Crippen LogP contribution in [0.25, 0.3) is 0 Å². The highest BCUT2D eigenvalue weighted by Crippen LogP contribution is 2.12. The summed E-state index contributed by atoms with van der Waals surface area (Å²) in [6, 6.07) is -0.460. The highest BCUT2D eigenvalue weighted by Gasteiger charge is 2.11. The van der Waals surface area contributed by atoms with Crippen molar-refractivity contribution in [3.8, 4) is 0 Å². The molecule has 0 aliphatic heterocycles. The third-order valence-electron chi connectivity index (χ3n) is 1.80. The van der Waals surface area contributed by atoms with Crippen molar-refractivity contribution >= 4 is 5.97 Å². The van der Waals surface area contributed by atoms with Gasteiger partial charge in [0, 0.05) is 24.3 Å². The number of carboxylic acids is 1. The maximum atomic E-state index is 10.4. The van der Waals surface area contributed by atoms with Crippen LogP contribution in [-0.2, 0) is 11.3 Å². The zero-order valence-electron chi connectivity index (χ0n) is 7.47. The molecule has 13 heavy (non-hydrogen) atoms. The summed E-state index contributed by atoms with van der Waals surface area (Å²) in [5, 5.41) is 12.5. The lowest BCUT2D eigenvalue weighted by Gasteiger charge is -2.04. The van der Waals surface area contributed by atoms with Gasteiger partial charge in [-0.2, -0.15) is 5.10 Å². The zero-order chi connectivity index (χ0) is 9.84. The minimum Gasteiger partial charge on any atom is -0.481 e. The van der Waals surface area contributed by atoms with E-state index in [4.69, 9.17) is 10.8 Å². The number of rotatable bonds is 4. The number of carbonyl (C=O) groups is 1. The predicted molar refractivity (Wildman–Crippen MR) is 47.1 cm³/mol. The summed E-state index contributed by atoms with van der Waals surface area (Å²) in [5.74, 6) is -0.892. The quantitative estimate of drug-likeness (QED) is 0.707. The number of aliphatic carboxylic acids is 1. The van der Waals surface area contributed by atoms with E-state index >= 15 is 0 Å². The first kappa shape index (κ1) is 9.73. The largest absolute Gasteiger partial charge is 0.481 e. The molecule has 0 aliphatic carbocycles. The summed E-state index contributed by atoms with van der Waals surface area (Å²) in [6.07, 6.45) is 3.32. The number of aromatic nitrogens is 2. The van der Waals surface area contributed by atoms with Crippen molar-refractivity contribution in [2.75, 3.05) is 0 Å². The van der Waals surface area contributed by atoms with Crippen LogP contribution in [0.1, 0.15) is 24.9 Å². The van der Waals surface area contributed by atoms with E-state index in [2.05, 4.69) is 5.10 Å². The first-order valence-corrected chi connectivity index (χ1v) is 4.13. The van der Waals surface area contributed by atoms with E-state index in [-0.39, 0.29) is 6.42 Å². The van der Waals surface area contributed by atoms with Crippen molar-refractivity contribution in [1.82, 2.24) is 9.78 Å². The van der Waals surface area contributed by atoms with Gasteiger partial charge >= 0.3 is 5.97 Å². The monoisotopic (exact) mass is 183 g/mol. The van der Waals surface area contributed by atoms with E-state index in [1.165, 1.54) is 0 Å². The molecule has 0 radical (unpaired) electrons. The highest BCUT2D eigenvalue weighted by molar-refractivity contribution is 5.67. The third-order valence-corrected chi connectivity index (χ3v) is 1.80. The van der Waals surface area contributed by atoms with Crippen LogP contribution >= 0.6 is 0 Å². The van der Waals surface area contributed by atoms with Crippen molar-refractivity contribution in [1.29, 1.82) is 0 Å². The fraction of sp³-hybridized carbons (Fsp3) is 0.500. The van der Waals surface area contributed by atoms with Gasteiger partial charge in [0.1, 0.15) is 0 Å². The lowest BCUT2D eigenvalue weighted by molar-refractivity contribution is -0.137. The Labute approximate surface area is 76.2 Å². The molecule has 0 bridgehead atoms. The van der Waals surface area contributed by atoms with E-state index in [1.54, 1.807) is 17.1 Å². The van der Waals surface area contributed by atoms with Crippen molar-refractivity contribution in [3.05, 3.63) is 18.0 Å². The van der Waals surface area contributed by atoms with Crippen molar-refractivity contribution in [2.24, 2.45) is 5.73 Å². The van der Waals surface area contributed by atoms with Gasteiger partial charge in [0.05, 0.1) is 12.6 Å². The molecule has 3 N–H and O–H groups in total. The number of hydrogen-bond donors (Lipinski definition) is 2. The molecule has 0 spiro atoms. The van der Waals surface area contributed by atoms with E-state index in [1.807, 2.05) is 6.92 Å². The fourth-order valence-electron chi connectivity index (χ4n) is 1.05. The highest BCUT2D eigenvalue weighted by atomic mass is 16.4. The van der Waals surface area contributed by atoms with Crippen molar-refractivity contribution < 1.29 is 9.90 Å². The molecule has 5 heteroatoms. The molecular weight excluding hydrogens is 170 g/mol. The second-order valence-electron chi connectivity index (χ2n) is 2.83. The maximum Gasteiger partial charge on any atom is 0.305 e. The minimum atomic E-state index is -0.892. The van der Waals surface area contributed by atoms with Crippen molar-refractivity contribution in [3.63, 3.8) is 0 Å². The molecule has 5 nitrogen and oxygen atoms in total. The Bertz CT molecular complexity index is 295. The van der Waals surface area contributed by atoms with E-state index in [9.17, 15) is 4.79 Å². The van der Waals surface area contributed by atoms with Crippen LogP contribution < -0.4 is 5.73 Å². The van der Waals surface area contributed by atoms with Gasteiger partial charge in [-0.3, -0.25) is 9.48 Å². The van der Waals surface area contributed by atoms with Crippen LogP contribution in [0.2, 0.25) is 0 Å². The second kappa shape index (κ2) is 4.04. The molecule has 1 atom stereocenters. The van der Waals surface area contributed by atoms with Gasteiger partial charge < -0.3 is 10.8 Å². The summed E-state index contributed by atoms with van der Waals surface area (Å²) in [4.78, 5) is 10.4. The van der Waals surface area contributed by atoms with Crippen LogP contribution in [-0.4, -0.2) is 20.9 Å². The standard InChI is InChI=1S/C8H13N3O2/c1-2-11-5-6(4-10-11)7(9)3-8(12)13/h4-5,7H,2-3,9H2,1H3,(H,12,13)/t7-/m0/s1. The Morgan fingerprint density at radius 1 is 1.85 bits per heavy atom. The van der Waals surface area contributed by atoms with E-state index < -0.39 is 12.0 Å². The molecule has 1 aromatic heterocycles. The number of hydrogen-bond acceptors (Lipinski definition) is 3. The van der Waals surface area contributed by atoms with Crippen LogP contribution in [0, 0.1) is 0 Å². The number of nitrogens with two attached hydrogens (primary N) is 1. The molecular formula is C8H13N3O2. The van der Waals surface area contributed by atoms with Gasteiger partial charge in [-0.1, -0.05) is 0 Å². The molecule has 0 amide bonds. The van der Waals surface area contributed by atoms with Gasteiger partial charge in [0.15, 0.2) is 0 Å². The van der Waals surface area contributed by atoms with Gasteiger partial charge in [0.25, 0.3) is 0 Å². The van der Waals surface area contributed by atoms with Gasteiger partial charge in [-0.25, -0.2) is 0 Å². The molecule has 72 valence electrons. The Morgan fingerprint density at radius 2 is 2.54 bits per heavy atom. The first-order valence-electron chi connectivity index (χ1n) is 4.13. The zero-order valence-corrected chi connectivity index (χ0v) is 7.47. The van der Waals surface area contributed by atoms with Crippen LogP contribution in [0.4, 0.5) is 0 Å². The third kappa shape index (κ3) is 2.55. The number of nitrogens with zero attached hydrogens (tertiary/aromatic N) is 2. The van der Waals surface area contributed by atoms with Crippen molar-refractivity contribution in [2.45, 2.75) is 25.9 Å². The minimum absolute atomic E-state index is 0.0601. The van der Waals surface area contributed by atoms with Gasteiger partial charge in [-0.15, -0.1) is 0 Å². The summed E-state index contributed by atoms with van der Waals surface area (Å²) in [6.45, 7) is 2.72. The summed E-state index contributed by atoms with van der Waals surface area (Å²) in [7, 11) is 0. The van der Waals surface area contributed by atoms with Gasteiger partial charge in [0.2, 0.25) is 0 Å². The smallest absolute Gasteiger partial charge is 0.305 e. The molecule has 1 rings (SSSR count).